The van der Waals surface area contributed by atoms with E-state index in [1.165, 1.54) is 24.3 Å². The van der Waals surface area contributed by atoms with Crippen LogP contribution < -0.4 is 16.0 Å². The van der Waals surface area contributed by atoms with Crippen LogP contribution in [0.25, 0.3) is 0 Å². The largest absolute Gasteiger partial charge is 0.467 e. The van der Waals surface area contributed by atoms with Gasteiger partial charge in [0.1, 0.15) is 11.6 Å². The third-order valence-corrected chi connectivity index (χ3v) is 4.00. The second kappa shape index (κ2) is 9.48. The normalized spacial score (nSPS) is 11.6. The Morgan fingerprint density at radius 2 is 1.64 bits per heavy atom. The van der Waals surface area contributed by atoms with Crippen LogP contribution in [0, 0.1) is 5.82 Å². The van der Waals surface area contributed by atoms with E-state index in [2.05, 4.69) is 16.0 Å². The molecule has 144 valence electrons. The van der Waals surface area contributed by atoms with Crippen LogP contribution in [-0.4, -0.2) is 24.9 Å². The first-order valence-corrected chi connectivity index (χ1v) is 8.75. The van der Waals surface area contributed by atoms with Crippen molar-refractivity contribution < 1.29 is 18.4 Å². The van der Waals surface area contributed by atoms with Gasteiger partial charge in [-0.1, -0.05) is 30.3 Å². The summed E-state index contributed by atoms with van der Waals surface area (Å²) in [5.74, 6) is -0.428. The zero-order valence-corrected chi connectivity index (χ0v) is 15.0. The molecule has 1 atom stereocenters. The van der Waals surface area contributed by atoms with Crippen LogP contribution in [-0.2, 0) is 9.59 Å². The number of carbonyl (C=O) groups excluding carboxylic acids is 2. The molecule has 0 saturated carbocycles. The summed E-state index contributed by atoms with van der Waals surface area (Å²) in [4.78, 5) is 24.0. The highest BCUT2D eigenvalue weighted by Crippen LogP contribution is 2.21. The summed E-state index contributed by atoms with van der Waals surface area (Å²) >= 11 is 0. The molecule has 0 aliphatic rings. The first kappa shape index (κ1) is 19.3. The number of halogens is 1. The average molecular weight is 381 g/mol. The molecule has 3 N–H and O–H groups in total. The average Bonchev–Trinajstić information content (AvgIpc) is 3.24. The molecule has 0 spiro atoms. The number of anilines is 1. The van der Waals surface area contributed by atoms with E-state index in [1.807, 2.05) is 36.4 Å². The fourth-order valence-electron chi connectivity index (χ4n) is 2.66. The predicted molar refractivity (Wildman–Crippen MR) is 103 cm³/mol. The lowest BCUT2D eigenvalue weighted by Gasteiger charge is -2.17. The molecule has 1 aromatic heterocycles. The Bertz CT molecular complexity index is 896. The monoisotopic (exact) mass is 381 g/mol. The van der Waals surface area contributed by atoms with Gasteiger partial charge >= 0.3 is 0 Å². The summed E-state index contributed by atoms with van der Waals surface area (Å²) in [7, 11) is 0. The summed E-state index contributed by atoms with van der Waals surface area (Å²) in [6.07, 6.45) is 1.58. The molecule has 2 aromatic carbocycles. The van der Waals surface area contributed by atoms with Crippen molar-refractivity contribution in [3.05, 3.63) is 90.1 Å². The molecule has 1 heterocycles. The molecule has 0 aliphatic carbocycles. The van der Waals surface area contributed by atoms with Crippen molar-refractivity contribution in [3.63, 3.8) is 0 Å². The van der Waals surface area contributed by atoms with Gasteiger partial charge in [-0.15, -0.1) is 0 Å². The highest BCUT2D eigenvalue weighted by atomic mass is 19.1. The summed E-state index contributed by atoms with van der Waals surface area (Å²) in [6, 6.07) is 18.3. The molecule has 0 saturated heterocycles. The van der Waals surface area contributed by atoms with E-state index >= 15 is 0 Å². The van der Waals surface area contributed by atoms with Gasteiger partial charge in [-0.2, -0.15) is 0 Å². The Morgan fingerprint density at radius 1 is 0.893 bits per heavy atom. The third kappa shape index (κ3) is 5.52. The maximum atomic E-state index is 12.9. The van der Waals surface area contributed by atoms with Crippen molar-refractivity contribution in [2.75, 3.05) is 18.4 Å². The van der Waals surface area contributed by atoms with Gasteiger partial charge in [0.15, 0.2) is 0 Å². The van der Waals surface area contributed by atoms with Gasteiger partial charge in [0, 0.05) is 5.69 Å². The lowest BCUT2D eigenvalue weighted by Crippen LogP contribution is -2.39. The fourth-order valence-corrected chi connectivity index (χ4v) is 2.66. The SMILES string of the molecule is O=C(CN[C@H](c1ccccc1)c1ccco1)NCC(=O)Nc1ccc(F)cc1. The highest BCUT2D eigenvalue weighted by Gasteiger charge is 2.17. The van der Waals surface area contributed by atoms with E-state index < -0.39 is 5.91 Å². The lowest BCUT2D eigenvalue weighted by molar-refractivity contribution is -0.123. The molecule has 6 nitrogen and oxygen atoms in total. The van der Waals surface area contributed by atoms with E-state index in [1.54, 1.807) is 12.3 Å². The van der Waals surface area contributed by atoms with Gasteiger partial charge in [0.2, 0.25) is 11.8 Å². The molecule has 3 rings (SSSR count). The number of hydrogen-bond donors (Lipinski definition) is 3. The summed E-state index contributed by atoms with van der Waals surface area (Å²) in [5, 5.41) is 8.27. The molecule has 0 radical (unpaired) electrons. The van der Waals surface area contributed by atoms with Crippen molar-refractivity contribution in [2.45, 2.75) is 6.04 Å². The number of hydrogen-bond acceptors (Lipinski definition) is 4. The molecule has 2 amide bonds. The lowest BCUT2D eigenvalue weighted by atomic mass is 10.0. The maximum absolute atomic E-state index is 12.9. The van der Waals surface area contributed by atoms with Crippen LogP contribution in [0.5, 0.6) is 0 Å². The topological polar surface area (TPSA) is 83.4 Å². The van der Waals surface area contributed by atoms with E-state index in [9.17, 15) is 14.0 Å². The second-order valence-corrected chi connectivity index (χ2v) is 6.07. The molecule has 0 aliphatic heterocycles. The van der Waals surface area contributed by atoms with Crippen LogP contribution in [0.1, 0.15) is 17.4 Å². The van der Waals surface area contributed by atoms with Crippen LogP contribution >= 0.6 is 0 Å². The predicted octanol–water partition coefficient (Wildman–Crippen LogP) is 2.85. The number of furan rings is 1. The van der Waals surface area contributed by atoms with E-state index in [-0.39, 0.29) is 30.9 Å². The second-order valence-electron chi connectivity index (χ2n) is 6.07. The molecule has 7 heteroatoms. The first-order chi connectivity index (χ1) is 13.6. The molecule has 0 unspecified atom stereocenters. The zero-order chi connectivity index (χ0) is 19.8. The van der Waals surface area contributed by atoms with Crippen molar-refractivity contribution in [3.8, 4) is 0 Å². The number of amides is 2. The van der Waals surface area contributed by atoms with E-state index in [4.69, 9.17) is 4.42 Å². The van der Waals surface area contributed by atoms with Crippen LogP contribution in [0.3, 0.4) is 0 Å². The van der Waals surface area contributed by atoms with Crippen molar-refractivity contribution in [1.29, 1.82) is 0 Å². The molecule has 0 fully saturated rings. The minimum atomic E-state index is -0.398. The number of rotatable bonds is 8. The number of nitrogens with one attached hydrogen (secondary N) is 3. The zero-order valence-electron chi connectivity index (χ0n) is 15.0. The standard InChI is InChI=1S/C21H20FN3O3/c22-16-8-10-17(11-9-16)25-20(27)14-23-19(26)13-24-21(18-7-4-12-28-18)15-5-2-1-3-6-15/h1-12,21,24H,13-14H2,(H,23,26)(H,25,27)/t21-/m1/s1. The Morgan fingerprint density at radius 3 is 2.32 bits per heavy atom. The number of benzene rings is 2. The van der Waals surface area contributed by atoms with Gasteiger partial charge < -0.3 is 15.1 Å². The maximum Gasteiger partial charge on any atom is 0.243 e. The van der Waals surface area contributed by atoms with Crippen molar-refractivity contribution >= 4 is 17.5 Å². The Hall–Kier alpha value is -3.45. The summed E-state index contributed by atoms with van der Waals surface area (Å²) in [6.45, 7) is -0.182. The number of carbonyl (C=O) groups is 2. The Labute approximate surface area is 161 Å². The Kier molecular flexibility index (Phi) is 6.54. The quantitative estimate of drug-likeness (QED) is 0.560. The van der Waals surface area contributed by atoms with Crippen LogP contribution in [0.4, 0.5) is 10.1 Å². The first-order valence-electron chi connectivity index (χ1n) is 8.75. The van der Waals surface area contributed by atoms with Crippen molar-refractivity contribution in [2.24, 2.45) is 0 Å². The van der Waals surface area contributed by atoms with Gasteiger partial charge in [0.25, 0.3) is 0 Å². The molecular weight excluding hydrogens is 361 g/mol. The van der Waals surface area contributed by atoms with Gasteiger partial charge in [-0.05, 0) is 42.0 Å². The van der Waals surface area contributed by atoms with E-state index in [0.717, 1.165) is 5.56 Å². The van der Waals surface area contributed by atoms with E-state index in [0.29, 0.717) is 11.4 Å². The summed E-state index contributed by atoms with van der Waals surface area (Å²) in [5.41, 5.74) is 1.42. The fraction of sp³-hybridized carbons (Fsp3) is 0.143. The molecule has 28 heavy (non-hydrogen) atoms. The van der Waals surface area contributed by atoms with Crippen LogP contribution in [0.15, 0.2) is 77.4 Å². The third-order valence-electron chi connectivity index (χ3n) is 4.00. The van der Waals surface area contributed by atoms with Crippen molar-refractivity contribution in [1.82, 2.24) is 10.6 Å². The van der Waals surface area contributed by atoms with Crippen LogP contribution in [0.2, 0.25) is 0 Å². The van der Waals surface area contributed by atoms with Gasteiger partial charge in [0.05, 0.1) is 25.4 Å². The molecular formula is C21H20FN3O3. The summed E-state index contributed by atoms with van der Waals surface area (Å²) < 4.78 is 18.3. The minimum absolute atomic E-state index is 0.00406. The molecule has 0 bridgehead atoms. The molecule has 3 aromatic rings. The highest BCUT2D eigenvalue weighted by molar-refractivity contribution is 5.94. The minimum Gasteiger partial charge on any atom is -0.467 e. The Balaban J connectivity index is 1.49. The van der Waals surface area contributed by atoms with Gasteiger partial charge in [-0.3, -0.25) is 14.9 Å². The smallest absolute Gasteiger partial charge is 0.243 e. The van der Waals surface area contributed by atoms with Gasteiger partial charge in [-0.25, -0.2) is 4.39 Å².